The molecule has 0 amide bonds. The van der Waals surface area contributed by atoms with E-state index in [0.717, 1.165) is 32.5 Å². The van der Waals surface area contributed by atoms with E-state index in [4.69, 9.17) is 9.98 Å². The Balaban J connectivity index is 2.10. The highest BCUT2D eigenvalue weighted by atomic mass is 79.9. The van der Waals surface area contributed by atoms with E-state index in [9.17, 15) is 0 Å². The van der Waals surface area contributed by atoms with Crippen molar-refractivity contribution in [2.75, 3.05) is 0 Å². The van der Waals surface area contributed by atoms with Gasteiger partial charge in [-0.1, -0.05) is 35.9 Å². The number of nitrogens with zero attached hydrogens (tertiary/aromatic N) is 2. The van der Waals surface area contributed by atoms with Gasteiger partial charge in [0.1, 0.15) is 0 Å². The predicted molar refractivity (Wildman–Crippen MR) is 102 cm³/mol. The number of para-hydroxylation sites is 1. The maximum Gasteiger partial charge on any atom is 0.0851 e. The second-order valence-electron chi connectivity index (χ2n) is 5.95. The average Bonchev–Trinajstić information content (AvgIpc) is 2.50. The first-order chi connectivity index (χ1) is 11.0. The number of aliphatic imine (C=N–C) groups is 1. The van der Waals surface area contributed by atoms with Crippen LogP contribution in [0.15, 0.2) is 51.9 Å². The number of halogens is 1. The summed E-state index contributed by atoms with van der Waals surface area (Å²) in [6.07, 6.45) is 0. The summed E-state index contributed by atoms with van der Waals surface area (Å²) in [7, 11) is 0. The number of aryl methyl sites for hydroxylation is 3. The van der Waals surface area contributed by atoms with Crippen LogP contribution < -0.4 is 0 Å². The minimum atomic E-state index is 0.906. The standard InChI is InChI=1S/C20H19BrN2/c1-12-10-13(2)19(14(3)11-12)22-15(4)18-9-8-16-6-5-7-17(21)20(16)23-18/h5-11H,1-4H3. The summed E-state index contributed by atoms with van der Waals surface area (Å²) < 4.78 is 1.01. The summed E-state index contributed by atoms with van der Waals surface area (Å²) in [4.78, 5) is 9.61. The largest absolute Gasteiger partial charge is 0.251 e. The Morgan fingerprint density at radius 1 is 1.00 bits per heavy atom. The molecule has 0 saturated carbocycles. The molecule has 0 aliphatic rings. The molecule has 23 heavy (non-hydrogen) atoms. The highest BCUT2D eigenvalue weighted by molar-refractivity contribution is 9.10. The van der Waals surface area contributed by atoms with E-state index in [1.165, 1.54) is 16.7 Å². The smallest absolute Gasteiger partial charge is 0.0851 e. The lowest BCUT2D eigenvalue weighted by Gasteiger charge is -2.09. The van der Waals surface area contributed by atoms with Crippen LogP contribution in [0.5, 0.6) is 0 Å². The van der Waals surface area contributed by atoms with Crippen molar-refractivity contribution >= 4 is 38.2 Å². The molecule has 0 aliphatic heterocycles. The van der Waals surface area contributed by atoms with Crippen LogP contribution in [-0.4, -0.2) is 10.7 Å². The summed E-state index contributed by atoms with van der Waals surface area (Å²) in [5.74, 6) is 0. The van der Waals surface area contributed by atoms with Crippen LogP contribution in [0.3, 0.4) is 0 Å². The normalized spacial score (nSPS) is 12.0. The Kier molecular flexibility index (Phi) is 4.31. The third-order valence-corrected chi connectivity index (χ3v) is 4.60. The first-order valence-electron chi connectivity index (χ1n) is 7.64. The topological polar surface area (TPSA) is 25.2 Å². The number of fused-ring (bicyclic) bond motifs is 1. The van der Waals surface area contributed by atoms with Gasteiger partial charge in [0.05, 0.1) is 22.6 Å². The molecule has 0 fully saturated rings. The second-order valence-corrected chi connectivity index (χ2v) is 6.81. The zero-order valence-electron chi connectivity index (χ0n) is 13.8. The molecule has 1 heterocycles. The lowest BCUT2D eigenvalue weighted by Crippen LogP contribution is -1.99. The van der Waals surface area contributed by atoms with Crippen LogP contribution in [0.25, 0.3) is 10.9 Å². The third-order valence-electron chi connectivity index (χ3n) is 3.96. The van der Waals surface area contributed by atoms with E-state index in [1.807, 2.05) is 25.1 Å². The van der Waals surface area contributed by atoms with Gasteiger partial charge in [-0.05, 0) is 66.9 Å². The van der Waals surface area contributed by atoms with Crippen LogP contribution in [0.1, 0.15) is 29.3 Å². The number of hydrogen-bond donors (Lipinski definition) is 0. The predicted octanol–water partition coefficient (Wildman–Crippen LogP) is 6.06. The maximum absolute atomic E-state index is 4.84. The summed E-state index contributed by atoms with van der Waals surface area (Å²) in [5, 5.41) is 1.12. The van der Waals surface area contributed by atoms with Gasteiger partial charge in [0.15, 0.2) is 0 Å². The SMILES string of the molecule is CC(=Nc1c(C)cc(C)cc1C)c1ccc2cccc(Br)c2n1. The summed E-state index contributed by atoms with van der Waals surface area (Å²) >= 11 is 3.58. The monoisotopic (exact) mass is 366 g/mol. The van der Waals surface area contributed by atoms with Gasteiger partial charge < -0.3 is 0 Å². The lowest BCUT2D eigenvalue weighted by molar-refractivity contribution is 1.27. The number of rotatable bonds is 2. The number of hydrogen-bond acceptors (Lipinski definition) is 2. The van der Waals surface area contributed by atoms with Crippen molar-refractivity contribution in [3.8, 4) is 0 Å². The van der Waals surface area contributed by atoms with Crippen molar-refractivity contribution in [3.05, 3.63) is 69.3 Å². The van der Waals surface area contributed by atoms with Gasteiger partial charge in [0.2, 0.25) is 0 Å². The molecule has 0 N–H and O–H groups in total. The van der Waals surface area contributed by atoms with Crippen LogP contribution in [0.4, 0.5) is 5.69 Å². The van der Waals surface area contributed by atoms with Crippen molar-refractivity contribution in [1.29, 1.82) is 0 Å². The fourth-order valence-electron chi connectivity index (χ4n) is 2.89. The zero-order valence-corrected chi connectivity index (χ0v) is 15.4. The van der Waals surface area contributed by atoms with Crippen molar-refractivity contribution in [2.24, 2.45) is 4.99 Å². The molecule has 3 aromatic rings. The Morgan fingerprint density at radius 2 is 1.70 bits per heavy atom. The molecule has 116 valence electrons. The van der Waals surface area contributed by atoms with E-state index in [1.54, 1.807) is 0 Å². The first-order valence-corrected chi connectivity index (χ1v) is 8.44. The first kappa shape index (κ1) is 15.9. The van der Waals surface area contributed by atoms with Gasteiger partial charge in [-0.25, -0.2) is 4.98 Å². The number of pyridine rings is 1. The van der Waals surface area contributed by atoms with E-state index in [2.05, 4.69) is 61.0 Å². The molecule has 0 bridgehead atoms. The maximum atomic E-state index is 4.84. The molecule has 0 spiro atoms. The molecule has 0 radical (unpaired) electrons. The lowest BCUT2D eigenvalue weighted by atomic mass is 10.1. The highest BCUT2D eigenvalue weighted by Gasteiger charge is 2.07. The summed E-state index contributed by atoms with van der Waals surface area (Å²) in [6, 6.07) is 14.6. The zero-order chi connectivity index (χ0) is 16.6. The van der Waals surface area contributed by atoms with Gasteiger partial charge in [-0.3, -0.25) is 4.99 Å². The third kappa shape index (κ3) is 3.20. The quantitative estimate of drug-likeness (QED) is 0.505. The molecular formula is C20H19BrN2. The molecule has 2 aromatic carbocycles. The molecule has 0 aliphatic carbocycles. The molecule has 3 rings (SSSR count). The highest BCUT2D eigenvalue weighted by Crippen LogP contribution is 2.27. The van der Waals surface area contributed by atoms with E-state index in [0.29, 0.717) is 0 Å². The summed E-state index contributed by atoms with van der Waals surface area (Å²) in [5.41, 5.74) is 7.51. The second kappa shape index (κ2) is 6.25. The van der Waals surface area contributed by atoms with Crippen LogP contribution in [0.2, 0.25) is 0 Å². The van der Waals surface area contributed by atoms with Gasteiger partial charge in [-0.2, -0.15) is 0 Å². The van der Waals surface area contributed by atoms with E-state index < -0.39 is 0 Å². The fraction of sp³-hybridized carbons (Fsp3) is 0.200. The average molecular weight is 367 g/mol. The Bertz CT molecular complexity index is 903. The Hall–Kier alpha value is -2.00. The number of aromatic nitrogens is 1. The van der Waals surface area contributed by atoms with E-state index >= 15 is 0 Å². The van der Waals surface area contributed by atoms with Gasteiger partial charge in [0, 0.05) is 9.86 Å². The Morgan fingerprint density at radius 3 is 2.39 bits per heavy atom. The molecule has 2 nitrogen and oxygen atoms in total. The van der Waals surface area contributed by atoms with Crippen LogP contribution >= 0.6 is 15.9 Å². The van der Waals surface area contributed by atoms with Crippen molar-refractivity contribution < 1.29 is 0 Å². The van der Waals surface area contributed by atoms with Crippen LogP contribution in [-0.2, 0) is 0 Å². The Labute approximate surface area is 145 Å². The summed E-state index contributed by atoms with van der Waals surface area (Å²) in [6.45, 7) is 8.35. The van der Waals surface area contributed by atoms with Crippen molar-refractivity contribution in [3.63, 3.8) is 0 Å². The minimum absolute atomic E-state index is 0.906. The van der Waals surface area contributed by atoms with Crippen LogP contribution in [0, 0.1) is 20.8 Å². The molecule has 0 atom stereocenters. The molecule has 0 saturated heterocycles. The van der Waals surface area contributed by atoms with Crippen molar-refractivity contribution in [2.45, 2.75) is 27.7 Å². The molecule has 0 unspecified atom stereocenters. The van der Waals surface area contributed by atoms with Gasteiger partial charge >= 0.3 is 0 Å². The molecular weight excluding hydrogens is 348 g/mol. The minimum Gasteiger partial charge on any atom is -0.251 e. The number of benzene rings is 2. The molecule has 1 aromatic heterocycles. The van der Waals surface area contributed by atoms with Crippen molar-refractivity contribution in [1.82, 2.24) is 4.98 Å². The van der Waals surface area contributed by atoms with E-state index in [-0.39, 0.29) is 0 Å². The van der Waals surface area contributed by atoms with Gasteiger partial charge in [-0.15, -0.1) is 0 Å². The van der Waals surface area contributed by atoms with Gasteiger partial charge in [0.25, 0.3) is 0 Å². The molecule has 3 heteroatoms. The fourth-order valence-corrected chi connectivity index (χ4v) is 3.36.